The summed E-state index contributed by atoms with van der Waals surface area (Å²) in [6, 6.07) is 7.70. The summed E-state index contributed by atoms with van der Waals surface area (Å²) in [4.78, 5) is 33.0. The number of halogens is 1. The molecule has 1 unspecified atom stereocenters. The van der Waals surface area contributed by atoms with E-state index < -0.39 is 0 Å². The third-order valence-corrected chi connectivity index (χ3v) is 5.25. The zero-order valence-corrected chi connectivity index (χ0v) is 16.4. The molecule has 1 aliphatic rings. The van der Waals surface area contributed by atoms with Gasteiger partial charge in [0, 0.05) is 26.8 Å². The fraction of sp³-hybridized carbons (Fsp3) is 0.333. The van der Waals surface area contributed by atoms with Crippen molar-refractivity contribution >= 4 is 17.5 Å². The van der Waals surface area contributed by atoms with Crippen LogP contribution < -0.4 is 0 Å². The van der Waals surface area contributed by atoms with E-state index in [9.17, 15) is 14.0 Å². The fourth-order valence-electron chi connectivity index (χ4n) is 3.81. The van der Waals surface area contributed by atoms with Crippen LogP contribution in [0.1, 0.15) is 40.5 Å². The maximum Gasteiger partial charge on any atom is 0.258 e. The third kappa shape index (κ3) is 3.57. The lowest BCUT2D eigenvalue weighted by Gasteiger charge is -2.25. The highest BCUT2D eigenvalue weighted by atomic mass is 19.1. The van der Waals surface area contributed by atoms with Gasteiger partial charge in [-0.1, -0.05) is 12.1 Å². The van der Waals surface area contributed by atoms with Crippen LogP contribution in [0, 0.1) is 5.82 Å². The molecular weight excluding hydrogens is 373 g/mol. The van der Waals surface area contributed by atoms with Gasteiger partial charge in [0.05, 0.1) is 24.4 Å². The lowest BCUT2D eigenvalue weighted by molar-refractivity contribution is -0.131. The predicted molar refractivity (Wildman–Crippen MR) is 105 cm³/mol. The smallest absolute Gasteiger partial charge is 0.258 e. The van der Waals surface area contributed by atoms with Crippen molar-refractivity contribution in [2.45, 2.75) is 25.3 Å². The highest BCUT2D eigenvalue weighted by molar-refractivity contribution is 5.99. The quantitative estimate of drug-likeness (QED) is 0.681. The molecule has 0 saturated carbocycles. The molecule has 1 aliphatic heterocycles. The largest absolute Gasteiger partial charge is 0.345 e. The van der Waals surface area contributed by atoms with Crippen molar-refractivity contribution in [2.24, 2.45) is 0 Å². The van der Waals surface area contributed by atoms with Crippen molar-refractivity contribution in [1.29, 1.82) is 0 Å². The Kier molecular flexibility index (Phi) is 5.00. The van der Waals surface area contributed by atoms with E-state index in [2.05, 4.69) is 10.1 Å². The number of nitrogens with zero attached hydrogens (tertiary/aromatic N) is 5. The first-order chi connectivity index (χ1) is 14.0. The predicted octanol–water partition coefficient (Wildman–Crippen LogP) is 2.48. The minimum Gasteiger partial charge on any atom is -0.345 e. The van der Waals surface area contributed by atoms with E-state index in [0.717, 1.165) is 24.1 Å². The van der Waals surface area contributed by atoms with E-state index in [0.29, 0.717) is 17.8 Å². The first kappa shape index (κ1) is 19.0. The molecule has 4 rings (SSSR count). The zero-order valence-electron chi connectivity index (χ0n) is 16.4. The highest BCUT2D eigenvalue weighted by Crippen LogP contribution is 2.32. The van der Waals surface area contributed by atoms with Crippen LogP contribution in [0.15, 0.2) is 42.7 Å². The molecule has 0 spiro atoms. The Morgan fingerprint density at radius 3 is 2.69 bits per heavy atom. The summed E-state index contributed by atoms with van der Waals surface area (Å²) in [6.07, 6.45) is 5.08. The first-order valence-corrected chi connectivity index (χ1v) is 9.54. The van der Waals surface area contributed by atoms with Crippen molar-refractivity contribution in [1.82, 2.24) is 24.4 Å². The SMILES string of the molecule is CN(C)C(=O)c1cnn2c(C3CCCN3C(=O)Cc3ccc(F)cc3)ccnc12. The number of carbonyl (C=O) groups excluding carboxylic acids is 2. The van der Waals surface area contributed by atoms with Crippen LogP contribution >= 0.6 is 0 Å². The zero-order chi connectivity index (χ0) is 20.5. The number of fused-ring (bicyclic) bond motifs is 1. The summed E-state index contributed by atoms with van der Waals surface area (Å²) in [7, 11) is 3.37. The number of amides is 2. The van der Waals surface area contributed by atoms with E-state index in [-0.39, 0.29) is 30.1 Å². The normalized spacial score (nSPS) is 16.4. The van der Waals surface area contributed by atoms with Crippen LogP contribution in [0.25, 0.3) is 5.65 Å². The second kappa shape index (κ2) is 7.62. The molecule has 7 nitrogen and oxygen atoms in total. The van der Waals surface area contributed by atoms with Gasteiger partial charge in [-0.2, -0.15) is 5.10 Å². The van der Waals surface area contributed by atoms with Gasteiger partial charge in [0.2, 0.25) is 5.91 Å². The van der Waals surface area contributed by atoms with Crippen LogP contribution in [0.5, 0.6) is 0 Å². The van der Waals surface area contributed by atoms with E-state index >= 15 is 0 Å². The van der Waals surface area contributed by atoms with Crippen LogP contribution in [0.3, 0.4) is 0 Å². The molecule has 1 aromatic carbocycles. The maximum absolute atomic E-state index is 13.1. The Hall–Kier alpha value is -3.29. The summed E-state index contributed by atoms with van der Waals surface area (Å²) in [5.74, 6) is -0.498. The van der Waals surface area contributed by atoms with Crippen LogP contribution in [-0.2, 0) is 11.2 Å². The van der Waals surface area contributed by atoms with Gasteiger partial charge in [0.25, 0.3) is 5.91 Å². The summed E-state index contributed by atoms with van der Waals surface area (Å²) in [5, 5.41) is 4.38. The molecule has 150 valence electrons. The number of likely N-dealkylation sites (tertiary alicyclic amines) is 1. The Balaban J connectivity index is 1.63. The van der Waals surface area contributed by atoms with Gasteiger partial charge >= 0.3 is 0 Å². The number of rotatable bonds is 4. The van der Waals surface area contributed by atoms with Gasteiger partial charge in [-0.3, -0.25) is 9.59 Å². The highest BCUT2D eigenvalue weighted by Gasteiger charge is 2.32. The lowest BCUT2D eigenvalue weighted by atomic mass is 10.1. The van der Waals surface area contributed by atoms with Gasteiger partial charge in [-0.25, -0.2) is 13.9 Å². The van der Waals surface area contributed by atoms with E-state index in [1.165, 1.54) is 23.2 Å². The molecule has 0 radical (unpaired) electrons. The van der Waals surface area contributed by atoms with E-state index in [1.54, 1.807) is 36.9 Å². The molecule has 3 aromatic rings. The average Bonchev–Trinajstić information content (AvgIpc) is 3.36. The summed E-state index contributed by atoms with van der Waals surface area (Å²) in [6.45, 7) is 0.652. The maximum atomic E-state index is 13.1. The van der Waals surface area contributed by atoms with Gasteiger partial charge in [0.15, 0.2) is 5.65 Å². The molecular formula is C21H22FN5O2. The molecule has 8 heteroatoms. The monoisotopic (exact) mass is 395 g/mol. The van der Waals surface area contributed by atoms with Crippen molar-refractivity contribution < 1.29 is 14.0 Å². The average molecular weight is 395 g/mol. The Morgan fingerprint density at radius 1 is 1.21 bits per heavy atom. The van der Waals surface area contributed by atoms with Gasteiger partial charge in [-0.05, 0) is 36.6 Å². The second-order valence-electron chi connectivity index (χ2n) is 7.41. The standard InChI is InChI=1S/C21H22FN5O2/c1-25(2)21(29)16-13-24-27-18(9-10-23-20(16)27)17-4-3-11-26(17)19(28)12-14-5-7-15(22)8-6-14/h5-10,13,17H,3-4,11-12H2,1-2H3. The van der Waals surface area contributed by atoms with Crippen LogP contribution in [-0.4, -0.2) is 56.9 Å². The molecule has 0 N–H and O–H groups in total. The summed E-state index contributed by atoms with van der Waals surface area (Å²) < 4.78 is 14.8. The van der Waals surface area contributed by atoms with Crippen molar-refractivity contribution in [3.63, 3.8) is 0 Å². The van der Waals surface area contributed by atoms with Crippen molar-refractivity contribution in [3.05, 3.63) is 65.4 Å². The molecule has 2 amide bonds. The minimum atomic E-state index is -0.318. The molecule has 0 aliphatic carbocycles. The van der Waals surface area contributed by atoms with Crippen molar-refractivity contribution in [3.8, 4) is 0 Å². The van der Waals surface area contributed by atoms with Gasteiger partial charge in [0.1, 0.15) is 11.4 Å². The van der Waals surface area contributed by atoms with E-state index in [4.69, 9.17) is 0 Å². The number of hydrogen-bond donors (Lipinski definition) is 0. The lowest BCUT2D eigenvalue weighted by Crippen LogP contribution is -2.32. The minimum absolute atomic E-state index is 0.0131. The Bertz CT molecular complexity index is 1060. The number of carbonyl (C=O) groups is 2. The fourth-order valence-corrected chi connectivity index (χ4v) is 3.81. The van der Waals surface area contributed by atoms with Crippen LogP contribution in [0.4, 0.5) is 4.39 Å². The first-order valence-electron chi connectivity index (χ1n) is 9.54. The Labute approximate surface area is 167 Å². The van der Waals surface area contributed by atoms with Gasteiger partial charge < -0.3 is 9.80 Å². The summed E-state index contributed by atoms with van der Waals surface area (Å²) >= 11 is 0. The molecule has 1 fully saturated rings. The number of hydrogen-bond acceptors (Lipinski definition) is 4. The van der Waals surface area contributed by atoms with Crippen LogP contribution in [0.2, 0.25) is 0 Å². The molecule has 0 bridgehead atoms. The topological polar surface area (TPSA) is 70.8 Å². The number of benzene rings is 1. The molecule has 29 heavy (non-hydrogen) atoms. The molecule has 1 saturated heterocycles. The third-order valence-electron chi connectivity index (χ3n) is 5.25. The second-order valence-corrected chi connectivity index (χ2v) is 7.41. The summed E-state index contributed by atoms with van der Waals surface area (Å²) in [5.41, 5.74) is 2.52. The molecule has 3 heterocycles. The molecule has 1 atom stereocenters. The van der Waals surface area contributed by atoms with E-state index in [1.807, 2.05) is 11.0 Å². The Morgan fingerprint density at radius 2 is 1.97 bits per heavy atom. The van der Waals surface area contributed by atoms with Crippen molar-refractivity contribution in [2.75, 3.05) is 20.6 Å². The van der Waals surface area contributed by atoms with Gasteiger partial charge in [-0.15, -0.1) is 0 Å². The number of aromatic nitrogens is 3. The molecule has 2 aromatic heterocycles.